The lowest BCUT2D eigenvalue weighted by molar-refractivity contribution is -0.0980. The summed E-state index contributed by atoms with van der Waals surface area (Å²) in [5, 5.41) is 5.68. The lowest BCUT2D eigenvalue weighted by atomic mass is 10.1. The lowest BCUT2D eigenvalue weighted by Gasteiger charge is -2.13. The van der Waals surface area contributed by atoms with Crippen molar-refractivity contribution in [2.24, 2.45) is 12.8 Å². The minimum absolute atomic E-state index is 0.0978. The van der Waals surface area contributed by atoms with Crippen LogP contribution in [0.15, 0.2) is 30.2 Å². The summed E-state index contributed by atoms with van der Waals surface area (Å²) in [6.45, 7) is 6.05. The maximum Gasteiger partial charge on any atom is 0.291 e. The van der Waals surface area contributed by atoms with Gasteiger partial charge in [-0.1, -0.05) is 19.9 Å². The van der Waals surface area contributed by atoms with Crippen LogP contribution < -0.4 is 22.1 Å². The first-order valence-corrected chi connectivity index (χ1v) is 7.91. The Bertz CT molecular complexity index is 576. The molecule has 0 saturated heterocycles. The van der Waals surface area contributed by atoms with Gasteiger partial charge in [-0.3, -0.25) is 4.79 Å². The molecule has 1 rings (SSSR count). The van der Waals surface area contributed by atoms with E-state index in [1.165, 1.54) is 7.05 Å². The number of amides is 1. The average Bonchev–Trinajstić information content (AvgIpc) is 2.89. The molecule has 0 aliphatic rings. The standard InChI is InChI=1S/C14H23N5OS.CH5N.CH2O/c1-14(2,21)7-5-6-10(8-16-3)17-13(20)12-18-11(15)9-19(12)4;2*1-2/h5-6,8-9,16,21H,7,15H2,1-4H3,(H,17,20);2H2,1H3;1H2/b6-5+,10-8+;;. The number of nitrogen functional groups attached to an aromatic ring is 1. The van der Waals surface area contributed by atoms with E-state index in [-0.39, 0.29) is 16.5 Å². The molecule has 1 heterocycles. The normalized spacial score (nSPS) is 11.1. The maximum atomic E-state index is 12.2. The molecule has 0 fully saturated rings. The van der Waals surface area contributed by atoms with Crippen LogP contribution in [0, 0.1) is 0 Å². The third kappa shape index (κ3) is 11.0. The highest BCUT2D eigenvalue weighted by Gasteiger charge is 2.13. The summed E-state index contributed by atoms with van der Waals surface area (Å²) in [6.07, 6.45) is 7.87. The number of aryl methyl sites for hydroxylation is 1. The van der Waals surface area contributed by atoms with Gasteiger partial charge in [-0.15, -0.1) is 0 Å². The highest BCUT2D eigenvalue weighted by atomic mass is 32.1. The van der Waals surface area contributed by atoms with Gasteiger partial charge in [0.25, 0.3) is 5.91 Å². The van der Waals surface area contributed by atoms with Crippen LogP contribution in [0.3, 0.4) is 0 Å². The number of hydrogen-bond acceptors (Lipinski definition) is 7. The summed E-state index contributed by atoms with van der Waals surface area (Å²) in [5.41, 5.74) is 10.7. The van der Waals surface area contributed by atoms with Crippen LogP contribution in [-0.4, -0.2) is 41.1 Å². The van der Waals surface area contributed by atoms with Gasteiger partial charge in [0.1, 0.15) is 12.6 Å². The molecule has 6 N–H and O–H groups in total. The molecule has 25 heavy (non-hydrogen) atoms. The molecule has 0 aromatic carbocycles. The topological polar surface area (TPSA) is 128 Å². The van der Waals surface area contributed by atoms with Crippen molar-refractivity contribution in [3.05, 3.63) is 36.1 Å². The molecule has 142 valence electrons. The fourth-order valence-electron chi connectivity index (χ4n) is 1.64. The van der Waals surface area contributed by atoms with E-state index >= 15 is 0 Å². The Labute approximate surface area is 155 Å². The van der Waals surface area contributed by atoms with Gasteiger partial charge in [0, 0.05) is 31.2 Å². The predicted octanol–water partition coefficient (Wildman–Crippen LogP) is 0.838. The highest BCUT2D eigenvalue weighted by Crippen LogP contribution is 2.17. The molecule has 0 aliphatic heterocycles. The van der Waals surface area contributed by atoms with Gasteiger partial charge in [-0.05, 0) is 19.5 Å². The molecule has 0 spiro atoms. The van der Waals surface area contributed by atoms with Crippen molar-refractivity contribution in [3.63, 3.8) is 0 Å². The van der Waals surface area contributed by atoms with E-state index < -0.39 is 0 Å². The number of nitrogens with one attached hydrogen (secondary N) is 2. The van der Waals surface area contributed by atoms with Crippen molar-refractivity contribution >= 4 is 31.1 Å². The maximum absolute atomic E-state index is 12.2. The monoisotopic (exact) mass is 370 g/mol. The average molecular weight is 371 g/mol. The van der Waals surface area contributed by atoms with Gasteiger partial charge >= 0.3 is 0 Å². The molecule has 0 unspecified atom stereocenters. The second-order valence-electron chi connectivity index (χ2n) is 5.36. The Hall–Kier alpha value is -2.26. The number of thiol groups is 1. The number of nitrogens with two attached hydrogens (primary N) is 2. The quantitative estimate of drug-likeness (QED) is 0.373. The lowest BCUT2D eigenvalue weighted by Crippen LogP contribution is -2.26. The second-order valence-corrected chi connectivity index (χ2v) is 6.57. The molecular weight excluding hydrogens is 340 g/mol. The van der Waals surface area contributed by atoms with Gasteiger partial charge in [0.15, 0.2) is 0 Å². The van der Waals surface area contributed by atoms with Crippen molar-refractivity contribution < 1.29 is 9.59 Å². The van der Waals surface area contributed by atoms with Crippen LogP contribution in [-0.2, 0) is 11.8 Å². The molecule has 1 aromatic heterocycles. The minimum Gasteiger partial charge on any atom is -0.392 e. The molecular formula is C16H30N6O2S. The summed E-state index contributed by atoms with van der Waals surface area (Å²) in [5.74, 6) is 0.261. The number of allylic oxidation sites excluding steroid dienone is 2. The molecule has 9 heteroatoms. The van der Waals surface area contributed by atoms with Crippen molar-refractivity contribution in [3.8, 4) is 0 Å². The van der Waals surface area contributed by atoms with E-state index in [1.54, 1.807) is 31.1 Å². The zero-order chi connectivity index (χ0) is 20.0. The molecule has 1 aromatic rings. The third-order valence-electron chi connectivity index (χ3n) is 2.57. The molecule has 0 radical (unpaired) electrons. The first-order valence-electron chi connectivity index (χ1n) is 7.46. The van der Waals surface area contributed by atoms with Gasteiger partial charge < -0.3 is 31.5 Å². The van der Waals surface area contributed by atoms with Gasteiger partial charge in [-0.2, -0.15) is 12.6 Å². The van der Waals surface area contributed by atoms with Crippen LogP contribution in [0.25, 0.3) is 0 Å². The Morgan fingerprint density at radius 1 is 1.44 bits per heavy atom. The number of anilines is 1. The van der Waals surface area contributed by atoms with Crippen LogP contribution >= 0.6 is 12.6 Å². The Morgan fingerprint density at radius 3 is 2.40 bits per heavy atom. The van der Waals surface area contributed by atoms with Crippen molar-refractivity contribution in [2.45, 2.75) is 25.0 Å². The van der Waals surface area contributed by atoms with E-state index in [0.29, 0.717) is 11.5 Å². The van der Waals surface area contributed by atoms with Crippen LogP contribution in [0.1, 0.15) is 30.9 Å². The second kappa shape index (κ2) is 13.1. The zero-order valence-electron chi connectivity index (χ0n) is 15.5. The van der Waals surface area contributed by atoms with E-state index in [0.717, 1.165) is 6.42 Å². The fraction of sp³-hybridized carbons (Fsp3) is 0.438. The number of carbonyl (C=O) groups is 2. The third-order valence-corrected chi connectivity index (χ3v) is 2.75. The summed E-state index contributed by atoms with van der Waals surface area (Å²) >= 11 is 4.45. The van der Waals surface area contributed by atoms with Gasteiger partial charge in [-0.25, -0.2) is 4.98 Å². The number of imidazole rings is 1. The Kier molecular flexibility index (Phi) is 13.1. The van der Waals surface area contributed by atoms with Crippen LogP contribution in [0.2, 0.25) is 0 Å². The summed E-state index contributed by atoms with van der Waals surface area (Å²) in [7, 11) is 4.99. The van der Waals surface area contributed by atoms with Gasteiger partial charge in [0.2, 0.25) is 5.82 Å². The Morgan fingerprint density at radius 2 is 2.00 bits per heavy atom. The Balaban J connectivity index is 0. The fourth-order valence-corrected chi connectivity index (χ4v) is 1.75. The van der Waals surface area contributed by atoms with Gasteiger partial charge in [0.05, 0.1) is 5.70 Å². The summed E-state index contributed by atoms with van der Waals surface area (Å²) in [6, 6.07) is 0. The molecule has 0 bridgehead atoms. The zero-order valence-corrected chi connectivity index (χ0v) is 16.4. The molecule has 0 saturated carbocycles. The number of aromatic nitrogens is 2. The first kappa shape index (κ1) is 25.0. The van der Waals surface area contributed by atoms with Crippen molar-refractivity contribution in [2.75, 3.05) is 19.8 Å². The van der Waals surface area contributed by atoms with E-state index in [9.17, 15) is 4.79 Å². The van der Waals surface area contributed by atoms with E-state index in [2.05, 4.69) is 34.0 Å². The van der Waals surface area contributed by atoms with E-state index in [1.807, 2.05) is 32.8 Å². The number of rotatable bonds is 6. The molecule has 8 nitrogen and oxygen atoms in total. The van der Waals surface area contributed by atoms with Crippen LogP contribution in [0.5, 0.6) is 0 Å². The smallest absolute Gasteiger partial charge is 0.291 e. The summed E-state index contributed by atoms with van der Waals surface area (Å²) in [4.78, 5) is 24.1. The molecule has 0 aliphatic carbocycles. The van der Waals surface area contributed by atoms with Crippen molar-refractivity contribution in [1.82, 2.24) is 20.2 Å². The SMILES string of the molecule is C=O.CN.CN/C=C(\C=C\CC(C)(C)S)NC(=O)c1nc(N)cn1C. The van der Waals surface area contributed by atoms with Crippen molar-refractivity contribution in [1.29, 1.82) is 0 Å². The van der Waals surface area contributed by atoms with E-state index in [4.69, 9.17) is 10.5 Å². The molecule has 1 amide bonds. The minimum atomic E-state index is -0.314. The van der Waals surface area contributed by atoms with Crippen LogP contribution in [0.4, 0.5) is 5.82 Å². The molecule has 0 atom stereocenters. The number of hydrogen-bond donors (Lipinski definition) is 5. The highest BCUT2D eigenvalue weighted by molar-refractivity contribution is 7.81. The summed E-state index contributed by atoms with van der Waals surface area (Å²) < 4.78 is 1.49. The number of carbonyl (C=O) groups excluding carboxylic acids is 2. The number of nitrogens with zero attached hydrogens (tertiary/aromatic N) is 2. The largest absolute Gasteiger partial charge is 0.392 e. The predicted molar refractivity (Wildman–Crippen MR) is 106 cm³/mol. The first-order chi connectivity index (χ1) is 11.7.